The fourth-order valence-corrected chi connectivity index (χ4v) is 6.26. The van der Waals surface area contributed by atoms with Gasteiger partial charge < -0.3 is 23.7 Å². The largest absolute Gasteiger partial charge is 0.497 e. The SMILES string of the molecule is COC(=O)[C@@]1(CCSC)N[C@@H](c2ccc(OC)cc2OC)[C@H]2C(=O)N(c3ccc4c(c3)OCCO4)C(=O)[C@H]21. The van der Waals surface area contributed by atoms with E-state index in [1.54, 1.807) is 55.3 Å². The van der Waals surface area contributed by atoms with Crippen molar-refractivity contribution in [3.8, 4) is 23.0 Å². The van der Waals surface area contributed by atoms with E-state index in [0.29, 0.717) is 59.6 Å². The molecule has 202 valence electrons. The molecule has 38 heavy (non-hydrogen) atoms. The molecule has 0 unspecified atom stereocenters. The molecular weight excluding hydrogens is 512 g/mol. The average molecular weight is 543 g/mol. The number of carbonyl (C=O) groups is 3. The zero-order valence-corrected chi connectivity index (χ0v) is 22.5. The number of methoxy groups -OCH3 is 3. The van der Waals surface area contributed by atoms with Crippen LogP contribution in [0.4, 0.5) is 5.69 Å². The molecule has 3 aliphatic rings. The van der Waals surface area contributed by atoms with Gasteiger partial charge in [-0.15, -0.1) is 0 Å². The third kappa shape index (κ3) is 4.04. The van der Waals surface area contributed by atoms with E-state index in [-0.39, 0.29) is 0 Å². The Morgan fingerprint density at radius 2 is 1.82 bits per heavy atom. The summed E-state index contributed by atoms with van der Waals surface area (Å²) in [6, 6.07) is 9.54. The number of hydrogen-bond acceptors (Lipinski definition) is 10. The van der Waals surface area contributed by atoms with Crippen molar-refractivity contribution >= 4 is 35.2 Å². The van der Waals surface area contributed by atoms with E-state index < -0.39 is 41.2 Å². The second kappa shape index (κ2) is 10.4. The van der Waals surface area contributed by atoms with Crippen LogP contribution in [0.1, 0.15) is 18.0 Å². The van der Waals surface area contributed by atoms with Crippen LogP contribution in [0.25, 0.3) is 0 Å². The molecule has 0 radical (unpaired) electrons. The van der Waals surface area contributed by atoms with E-state index >= 15 is 0 Å². The summed E-state index contributed by atoms with van der Waals surface area (Å²) in [7, 11) is 4.36. The van der Waals surface area contributed by atoms with Gasteiger partial charge in [0.05, 0.1) is 38.9 Å². The van der Waals surface area contributed by atoms with Gasteiger partial charge in [-0.1, -0.05) is 6.07 Å². The fourth-order valence-electron chi connectivity index (χ4n) is 5.74. The Hall–Kier alpha value is -3.44. The van der Waals surface area contributed by atoms with Crippen molar-refractivity contribution in [2.45, 2.75) is 18.0 Å². The molecule has 1 N–H and O–H groups in total. The van der Waals surface area contributed by atoms with Crippen molar-refractivity contribution in [3.63, 3.8) is 0 Å². The van der Waals surface area contributed by atoms with Gasteiger partial charge in [-0.05, 0) is 36.6 Å². The number of nitrogens with one attached hydrogen (secondary N) is 1. The molecule has 2 aromatic rings. The minimum Gasteiger partial charge on any atom is -0.497 e. The van der Waals surface area contributed by atoms with Crippen LogP contribution in [-0.2, 0) is 19.1 Å². The number of hydrogen-bond donors (Lipinski definition) is 1. The number of ether oxygens (including phenoxy) is 5. The van der Waals surface area contributed by atoms with Crippen LogP contribution in [0.3, 0.4) is 0 Å². The number of imide groups is 1. The molecule has 2 aromatic carbocycles. The van der Waals surface area contributed by atoms with E-state index in [1.165, 1.54) is 14.2 Å². The molecule has 4 atom stereocenters. The van der Waals surface area contributed by atoms with Gasteiger partial charge in [0.2, 0.25) is 11.8 Å². The first kappa shape index (κ1) is 26.2. The summed E-state index contributed by atoms with van der Waals surface area (Å²) in [4.78, 5) is 42.8. The molecule has 0 aromatic heterocycles. The highest BCUT2D eigenvalue weighted by Gasteiger charge is 2.69. The lowest BCUT2D eigenvalue weighted by molar-refractivity contribution is -0.152. The first-order valence-electron chi connectivity index (χ1n) is 12.2. The average Bonchev–Trinajstić information content (AvgIpc) is 3.44. The number of esters is 1. The Bertz CT molecular complexity index is 1270. The van der Waals surface area contributed by atoms with Crippen LogP contribution >= 0.6 is 11.8 Å². The lowest BCUT2D eigenvalue weighted by Crippen LogP contribution is -2.56. The number of rotatable bonds is 8. The third-order valence-electron chi connectivity index (χ3n) is 7.46. The van der Waals surface area contributed by atoms with E-state index in [9.17, 15) is 14.4 Å². The standard InChI is InChI=1S/C27H30N2O8S/c1-33-16-6-7-17(19(14-16)34-2)23-21-22(27(28-23,9-12-38-4)26(32)35-3)25(31)29(24(21)30)15-5-8-18-20(13-15)37-11-10-36-18/h5-8,13-14,21-23,28H,9-12H2,1-4H3/t21-,22-,23-,27-/m0/s1. The second-order valence-electron chi connectivity index (χ2n) is 9.28. The van der Waals surface area contributed by atoms with Crippen LogP contribution in [-0.4, -0.2) is 69.9 Å². The Kier molecular flexibility index (Phi) is 7.15. The molecule has 2 fully saturated rings. The Morgan fingerprint density at radius 1 is 1.05 bits per heavy atom. The number of benzene rings is 2. The molecule has 11 heteroatoms. The number of anilines is 1. The molecular formula is C27H30N2O8S. The number of thioether (sulfide) groups is 1. The topological polar surface area (TPSA) is 113 Å². The smallest absolute Gasteiger partial charge is 0.326 e. The lowest BCUT2D eigenvalue weighted by Gasteiger charge is -2.32. The maximum atomic E-state index is 14.1. The van der Waals surface area contributed by atoms with Crippen molar-refractivity contribution in [2.75, 3.05) is 51.5 Å². The van der Waals surface area contributed by atoms with Crippen molar-refractivity contribution < 1.29 is 38.1 Å². The van der Waals surface area contributed by atoms with Crippen LogP contribution < -0.4 is 29.2 Å². The lowest BCUT2D eigenvalue weighted by atomic mass is 9.77. The van der Waals surface area contributed by atoms with E-state index in [0.717, 1.165) is 4.90 Å². The van der Waals surface area contributed by atoms with Crippen molar-refractivity contribution in [3.05, 3.63) is 42.0 Å². The number of nitrogens with zero attached hydrogens (tertiary/aromatic N) is 1. The monoisotopic (exact) mass is 542 g/mol. The predicted octanol–water partition coefficient (Wildman–Crippen LogP) is 2.59. The Balaban J connectivity index is 1.64. The third-order valence-corrected chi connectivity index (χ3v) is 8.08. The molecule has 5 rings (SSSR count). The summed E-state index contributed by atoms with van der Waals surface area (Å²) in [5.41, 5.74) is -0.404. The summed E-state index contributed by atoms with van der Waals surface area (Å²) in [5, 5.41) is 3.38. The highest BCUT2D eigenvalue weighted by atomic mass is 32.2. The molecule has 2 amide bonds. The quantitative estimate of drug-likeness (QED) is 0.395. The zero-order chi connectivity index (χ0) is 27.0. The first-order valence-corrected chi connectivity index (χ1v) is 13.6. The van der Waals surface area contributed by atoms with Gasteiger partial charge in [-0.25, -0.2) is 4.90 Å². The molecule has 0 spiro atoms. The van der Waals surface area contributed by atoms with Crippen molar-refractivity contribution in [1.29, 1.82) is 0 Å². The minimum absolute atomic E-state index is 0.297. The highest BCUT2D eigenvalue weighted by molar-refractivity contribution is 7.98. The molecule has 2 saturated heterocycles. The zero-order valence-electron chi connectivity index (χ0n) is 21.6. The Labute approximate surface area is 224 Å². The van der Waals surface area contributed by atoms with E-state index in [2.05, 4.69) is 5.32 Å². The van der Waals surface area contributed by atoms with Crippen molar-refractivity contribution in [1.82, 2.24) is 5.32 Å². The predicted molar refractivity (Wildman–Crippen MR) is 140 cm³/mol. The summed E-state index contributed by atoms with van der Waals surface area (Å²) >= 11 is 1.54. The molecule has 0 bridgehead atoms. The molecule has 3 aliphatic heterocycles. The Morgan fingerprint density at radius 3 is 2.50 bits per heavy atom. The maximum absolute atomic E-state index is 14.1. The summed E-state index contributed by atoms with van der Waals surface area (Å²) < 4.78 is 27.5. The summed E-state index contributed by atoms with van der Waals surface area (Å²) in [6.07, 6.45) is 2.22. The van der Waals surface area contributed by atoms with Crippen LogP contribution in [0.5, 0.6) is 23.0 Å². The van der Waals surface area contributed by atoms with Gasteiger partial charge in [0.1, 0.15) is 30.3 Å². The number of fused-ring (bicyclic) bond motifs is 2. The van der Waals surface area contributed by atoms with Gasteiger partial charge in [-0.3, -0.25) is 19.7 Å². The van der Waals surface area contributed by atoms with Crippen LogP contribution in [0.2, 0.25) is 0 Å². The molecule has 0 saturated carbocycles. The van der Waals surface area contributed by atoms with Gasteiger partial charge in [0.25, 0.3) is 0 Å². The first-order chi connectivity index (χ1) is 18.4. The second-order valence-corrected chi connectivity index (χ2v) is 10.3. The minimum atomic E-state index is -1.41. The summed E-state index contributed by atoms with van der Waals surface area (Å²) in [6.45, 7) is 0.791. The summed E-state index contributed by atoms with van der Waals surface area (Å²) in [5.74, 6) is -0.695. The molecule has 0 aliphatic carbocycles. The highest BCUT2D eigenvalue weighted by Crippen LogP contribution is 2.53. The van der Waals surface area contributed by atoms with Gasteiger partial charge in [0, 0.05) is 23.7 Å². The molecule has 10 nitrogen and oxygen atoms in total. The van der Waals surface area contributed by atoms with Gasteiger partial charge >= 0.3 is 5.97 Å². The number of amides is 2. The van der Waals surface area contributed by atoms with E-state index in [1.807, 2.05) is 6.26 Å². The van der Waals surface area contributed by atoms with Crippen LogP contribution in [0, 0.1) is 11.8 Å². The normalized spacial score (nSPS) is 25.8. The van der Waals surface area contributed by atoms with E-state index in [4.69, 9.17) is 23.7 Å². The fraction of sp³-hybridized carbons (Fsp3) is 0.444. The van der Waals surface area contributed by atoms with Crippen molar-refractivity contribution in [2.24, 2.45) is 11.8 Å². The van der Waals surface area contributed by atoms with Gasteiger partial charge in [-0.2, -0.15) is 11.8 Å². The molecule has 3 heterocycles. The number of carbonyl (C=O) groups excluding carboxylic acids is 3. The van der Waals surface area contributed by atoms with Gasteiger partial charge in [0.15, 0.2) is 11.5 Å². The van der Waals surface area contributed by atoms with Crippen LogP contribution in [0.15, 0.2) is 36.4 Å². The maximum Gasteiger partial charge on any atom is 0.326 e.